The summed E-state index contributed by atoms with van der Waals surface area (Å²) in [6.45, 7) is 5.84. The molecule has 134 valence electrons. The first-order valence-electron chi connectivity index (χ1n) is 7.96. The molecule has 0 aliphatic carbocycles. The number of hydrogen-bond donors (Lipinski definition) is 1. The monoisotopic (exact) mass is 371 g/mol. The average molecular weight is 371 g/mol. The maximum absolute atomic E-state index is 12.8. The number of pyridine rings is 1. The van der Waals surface area contributed by atoms with Gasteiger partial charge in [0.05, 0.1) is 24.0 Å². The van der Waals surface area contributed by atoms with E-state index in [2.05, 4.69) is 21.5 Å². The van der Waals surface area contributed by atoms with Crippen LogP contribution in [0.3, 0.4) is 0 Å². The van der Waals surface area contributed by atoms with Crippen LogP contribution >= 0.6 is 11.8 Å². The second-order valence-electron chi connectivity index (χ2n) is 6.19. The molecule has 4 heterocycles. The van der Waals surface area contributed by atoms with Crippen LogP contribution in [0.5, 0.6) is 5.88 Å². The van der Waals surface area contributed by atoms with Gasteiger partial charge in [0.1, 0.15) is 17.6 Å². The number of nitrogens with zero attached hydrogens (tertiary/aromatic N) is 5. The van der Waals surface area contributed by atoms with Crippen LogP contribution in [0.2, 0.25) is 0 Å². The molecule has 1 N–H and O–H groups in total. The summed E-state index contributed by atoms with van der Waals surface area (Å²) in [5.74, 6) is 0.396. The van der Waals surface area contributed by atoms with E-state index in [0.29, 0.717) is 39.9 Å². The van der Waals surface area contributed by atoms with E-state index in [-0.39, 0.29) is 12.2 Å². The molecule has 0 radical (unpaired) electrons. The van der Waals surface area contributed by atoms with E-state index in [0.717, 1.165) is 0 Å². The van der Waals surface area contributed by atoms with Crippen molar-refractivity contribution >= 4 is 22.8 Å². The number of rotatable bonds is 4. The van der Waals surface area contributed by atoms with Crippen LogP contribution in [0.25, 0.3) is 16.7 Å². The number of hydrogen-bond acceptors (Lipinski definition) is 7. The standard InChI is InChI=1S/C17H17N5O3S/c1-4-5-21-15(23)11-8-19-16(26-3)20-13(11)22(21)10-6-12-14(18-7-10)25-9-17(12,2)24/h4,6-8,24H,1,5,9H2,2-3H3. The number of ether oxygens (including phenoxy) is 1. The van der Waals surface area contributed by atoms with Crippen LogP contribution in [-0.2, 0) is 12.1 Å². The molecule has 1 aliphatic heterocycles. The quantitative estimate of drug-likeness (QED) is 0.422. The number of aliphatic hydroxyl groups is 1. The molecule has 0 saturated carbocycles. The van der Waals surface area contributed by atoms with Crippen LogP contribution in [0.15, 0.2) is 41.1 Å². The van der Waals surface area contributed by atoms with Crippen molar-refractivity contribution in [3.05, 3.63) is 47.0 Å². The zero-order valence-electron chi connectivity index (χ0n) is 14.3. The van der Waals surface area contributed by atoms with E-state index in [1.54, 1.807) is 29.9 Å². The first kappa shape index (κ1) is 16.8. The zero-order valence-corrected chi connectivity index (χ0v) is 15.2. The van der Waals surface area contributed by atoms with Crippen LogP contribution in [0, 0.1) is 0 Å². The summed E-state index contributed by atoms with van der Waals surface area (Å²) in [6, 6.07) is 1.77. The van der Waals surface area contributed by atoms with Gasteiger partial charge in [-0.2, -0.15) is 0 Å². The lowest BCUT2D eigenvalue weighted by atomic mass is 10.0. The van der Waals surface area contributed by atoms with Crippen LogP contribution in [-0.4, -0.2) is 42.3 Å². The molecule has 0 saturated heterocycles. The van der Waals surface area contributed by atoms with Crippen LogP contribution < -0.4 is 10.3 Å². The van der Waals surface area contributed by atoms with Gasteiger partial charge in [-0.15, -0.1) is 6.58 Å². The maximum atomic E-state index is 12.8. The van der Waals surface area contributed by atoms with E-state index >= 15 is 0 Å². The van der Waals surface area contributed by atoms with Crippen molar-refractivity contribution in [2.45, 2.75) is 24.2 Å². The largest absolute Gasteiger partial charge is 0.474 e. The average Bonchev–Trinajstić information content (AvgIpc) is 3.09. The predicted molar refractivity (Wildman–Crippen MR) is 98.0 cm³/mol. The van der Waals surface area contributed by atoms with E-state index < -0.39 is 5.60 Å². The zero-order chi connectivity index (χ0) is 18.5. The van der Waals surface area contributed by atoms with Gasteiger partial charge in [0.15, 0.2) is 10.8 Å². The molecule has 8 nitrogen and oxygen atoms in total. The molecule has 3 aromatic heterocycles. The van der Waals surface area contributed by atoms with Gasteiger partial charge in [-0.25, -0.2) is 24.3 Å². The van der Waals surface area contributed by atoms with Gasteiger partial charge in [-0.05, 0) is 19.2 Å². The maximum Gasteiger partial charge on any atom is 0.278 e. The second kappa shape index (κ2) is 5.96. The predicted octanol–water partition coefficient (Wildman–Crippen LogP) is 1.48. The summed E-state index contributed by atoms with van der Waals surface area (Å²) in [5, 5.41) is 11.5. The van der Waals surface area contributed by atoms with E-state index in [4.69, 9.17) is 4.74 Å². The fourth-order valence-corrected chi connectivity index (χ4v) is 3.34. The van der Waals surface area contributed by atoms with Gasteiger partial charge in [0.2, 0.25) is 5.88 Å². The summed E-state index contributed by atoms with van der Waals surface area (Å²) < 4.78 is 8.63. The summed E-state index contributed by atoms with van der Waals surface area (Å²) in [7, 11) is 0. The minimum absolute atomic E-state index is 0.142. The Morgan fingerprint density at radius 1 is 1.46 bits per heavy atom. The third-order valence-electron chi connectivity index (χ3n) is 4.29. The van der Waals surface area contributed by atoms with E-state index in [9.17, 15) is 9.90 Å². The van der Waals surface area contributed by atoms with Gasteiger partial charge in [0.25, 0.3) is 5.56 Å². The van der Waals surface area contributed by atoms with Crippen molar-refractivity contribution in [2.75, 3.05) is 12.9 Å². The topological polar surface area (TPSA) is 95.1 Å². The Morgan fingerprint density at radius 3 is 3.00 bits per heavy atom. The lowest BCUT2D eigenvalue weighted by Gasteiger charge is -2.16. The molecule has 0 amide bonds. The first-order chi connectivity index (χ1) is 12.5. The fraction of sp³-hybridized carbons (Fsp3) is 0.294. The van der Waals surface area contributed by atoms with Crippen molar-refractivity contribution in [2.24, 2.45) is 0 Å². The number of thioether (sulfide) groups is 1. The minimum atomic E-state index is -1.13. The molecule has 1 aliphatic rings. The molecule has 1 unspecified atom stereocenters. The molecule has 0 fully saturated rings. The molecule has 0 spiro atoms. The third-order valence-corrected chi connectivity index (χ3v) is 4.85. The van der Waals surface area contributed by atoms with E-state index in [1.807, 2.05) is 6.26 Å². The highest BCUT2D eigenvalue weighted by molar-refractivity contribution is 7.98. The molecule has 1 atom stereocenters. The molecule has 9 heteroatoms. The van der Waals surface area contributed by atoms with Crippen molar-refractivity contribution in [3.63, 3.8) is 0 Å². The highest BCUT2D eigenvalue weighted by Crippen LogP contribution is 2.36. The second-order valence-corrected chi connectivity index (χ2v) is 6.96. The van der Waals surface area contributed by atoms with Crippen molar-refractivity contribution in [1.29, 1.82) is 0 Å². The highest BCUT2D eigenvalue weighted by atomic mass is 32.2. The summed E-state index contributed by atoms with van der Waals surface area (Å²) in [6.07, 6.45) is 6.64. The Labute approximate surface area is 153 Å². The fourth-order valence-electron chi connectivity index (χ4n) is 3.01. The Kier molecular flexibility index (Phi) is 3.85. The lowest BCUT2D eigenvalue weighted by Crippen LogP contribution is -2.24. The molecular formula is C17H17N5O3S. The number of aromatic nitrogens is 5. The van der Waals surface area contributed by atoms with Crippen LogP contribution in [0.1, 0.15) is 12.5 Å². The smallest absolute Gasteiger partial charge is 0.278 e. The van der Waals surface area contributed by atoms with Crippen molar-refractivity contribution < 1.29 is 9.84 Å². The first-order valence-corrected chi connectivity index (χ1v) is 9.18. The van der Waals surface area contributed by atoms with Gasteiger partial charge >= 0.3 is 0 Å². The highest BCUT2D eigenvalue weighted by Gasteiger charge is 2.36. The minimum Gasteiger partial charge on any atom is -0.474 e. The Bertz CT molecular complexity index is 1090. The Balaban J connectivity index is 2.03. The van der Waals surface area contributed by atoms with Crippen LogP contribution in [0.4, 0.5) is 0 Å². The van der Waals surface area contributed by atoms with Crippen molar-refractivity contribution in [3.8, 4) is 11.6 Å². The van der Waals surface area contributed by atoms with Crippen molar-refractivity contribution in [1.82, 2.24) is 24.3 Å². The molecule has 3 aromatic rings. The van der Waals surface area contributed by atoms with Gasteiger partial charge in [0, 0.05) is 6.20 Å². The summed E-state index contributed by atoms with van der Waals surface area (Å²) >= 11 is 1.39. The number of fused-ring (bicyclic) bond motifs is 2. The lowest BCUT2D eigenvalue weighted by molar-refractivity contribution is 0.0346. The molecule has 0 bridgehead atoms. The SMILES string of the molecule is C=CCn1c(=O)c2cnc(SC)nc2n1-c1cnc2c(c1)C(C)(O)CO2. The van der Waals surface area contributed by atoms with Gasteiger partial charge in [-0.3, -0.25) is 4.79 Å². The Hall–Kier alpha value is -2.65. The number of allylic oxidation sites excluding steroid dienone is 1. The molecular weight excluding hydrogens is 354 g/mol. The molecule has 4 rings (SSSR count). The third kappa shape index (κ3) is 2.43. The van der Waals surface area contributed by atoms with Gasteiger partial charge in [-0.1, -0.05) is 17.8 Å². The van der Waals surface area contributed by atoms with E-state index in [1.165, 1.54) is 22.6 Å². The molecule has 26 heavy (non-hydrogen) atoms. The van der Waals surface area contributed by atoms with Gasteiger partial charge < -0.3 is 9.84 Å². The Morgan fingerprint density at radius 2 is 2.27 bits per heavy atom. The molecule has 0 aromatic carbocycles. The summed E-state index contributed by atoms with van der Waals surface area (Å²) in [5.41, 5.74) is 0.319. The summed E-state index contributed by atoms with van der Waals surface area (Å²) in [4.78, 5) is 25.8. The normalized spacial score (nSPS) is 18.7.